The van der Waals surface area contributed by atoms with E-state index in [9.17, 15) is 0 Å². The minimum absolute atomic E-state index is 0. The Bertz CT molecular complexity index is 732. The summed E-state index contributed by atoms with van der Waals surface area (Å²) in [4.78, 5) is 0. The average Bonchev–Trinajstić information content (AvgIpc) is 3.27. The molecule has 2 aliphatic carbocycles. The van der Waals surface area contributed by atoms with Gasteiger partial charge in [0.15, 0.2) is 0 Å². The Kier molecular flexibility index (Phi) is 12.7. The van der Waals surface area contributed by atoms with Crippen LogP contribution in [0.2, 0.25) is 0 Å². The van der Waals surface area contributed by atoms with E-state index in [2.05, 4.69) is 70.2 Å². The molecule has 2 atom stereocenters. The summed E-state index contributed by atoms with van der Waals surface area (Å²) in [6.45, 7) is 9.50. The Labute approximate surface area is 201 Å². The van der Waals surface area contributed by atoms with Crippen LogP contribution in [0.5, 0.6) is 0 Å². The van der Waals surface area contributed by atoms with E-state index in [0.717, 1.165) is 10.1 Å². The average molecular weight is 485 g/mol. The van der Waals surface area contributed by atoms with Crippen molar-refractivity contribution >= 4 is 14.0 Å². The molecule has 0 saturated heterocycles. The summed E-state index contributed by atoms with van der Waals surface area (Å²) in [6, 6.07) is 9.27. The fraction of sp³-hybridized carbons (Fsp3) is 0.520. The molecule has 0 heterocycles. The molecule has 158 valence electrons. The molecular formula is C25H35Cl2PTi. The zero-order chi connectivity index (χ0) is 19.2. The first-order chi connectivity index (χ1) is 13.2. The molecule has 0 aromatic heterocycles. The molecule has 2 unspecified atom stereocenters. The fourth-order valence-electron chi connectivity index (χ4n) is 4.53. The normalized spacial score (nSPS) is 18.1. The van der Waals surface area contributed by atoms with E-state index in [4.69, 9.17) is 0 Å². The molecule has 0 radical (unpaired) electrons. The van der Waals surface area contributed by atoms with E-state index in [-0.39, 0.29) is 51.9 Å². The van der Waals surface area contributed by atoms with E-state index in [1.165, 1.54) is 50.0 Å². The Morgan fingerprint density at radius 1 is 1.03 bits per heavy atom. The van der Waals surface area contributed by atoms with Crippen LogP contribution in [-0.4, -0.2) is 12.3 Å². The quantitative estimate of drug-likeness (QED) is 0.352. The molecule has 4 heteroatoms. The van der Waals surface area contributed by atoms with Gasteiger partial charge in [-0.2, -0.15) is 0 Å². The molecule has 0 spiro atoms. The van der Waals surface area contributed by atoms with Crippen LogP contribution in [0.4, 0.5) is 0 Å². The van der Waals surface area contributed by atoms with Gasteiger partial charge in [-0.15, -0.1) is 0 Å². The van der Waals surface area contributed by atoms with Crippen molar-refractivity contribution in [2.75, 3.05) is 12.3 Å². The van der Waals surface area contributed by atoms with Crippen molar-refractivity contribution in [3.05, 3.63) is 62.3 Å². The van der Waals surface area contributed by atoms with Gasteiger partial charge in [0.2, 0.25) is 0 Å². The summed E-state index contributed by atoms with van der Waals surface area (Å²) in [5.74, 6) is 0.740. The molecule has 1 aromatic carbocycles. The Morgan fingerprint density at radius 3 is 2.38 bits per heavy atom. The van der Waals surface area contributed by atoms with E-state index >= 15 is 0 Å². The van der Waals surface area contributed by atoms with Gasteiger partial charge in [0, 0.05) is 0 Å². The van der Waals surface area contributed by atoms with Gasteiger partial charge in [0.05, 0.1) is 0 Å². The van der Waals surface area contributed by atoms with Crippen LogP contribution in [0.1, 0.15) is 75.1 Å². The van der Waals surface area contributed by atoms with Crippen LogP contribution in [0.25, 0.3) is 6.08 Å². The van der Waals surface area contributed by atoms with Crippen molar-refractivity contribution in [2.45, 2.75) is 64.0 Å². The van der Waals surface area contributed by atoms with Crippen molar-refractivity contribution in [3.63, 3.8) is 0 Å². The number of hydrogen-bond acceptors (Lipinski definition) is 0. The predicted molar refractivity (Wildman–Crippen MR) is 119 cm³/mol. The van der Waals surface area contributed by atoms with Crippen molar-refractivity contribution in [2.24, 2.45) is 5.92 Å². The number of benzene rings is 1. The molecule has 0 N–H and O–H groups in total. The first kappa shape index (κ1) is 27.2. The molecule has 29 heavy (non-hydrogen) atoms. The van der Waals surface area contributed by atoms with Gasteiger partial charge < -0.3 is 24.8 Å². The summed E-state index contributed by atoms with van der Waals surface area (Å²) < 4.78 is 2.59. The minimum atomic E-state index is -0.156. The first-order valence-corrected chi connectivity index (χ1v) is 14.3. The molecule has 0 bridgehead atoms. The third-order valence-corrected chi connectivity index (χ3v) is 12.0. The molecule has 0 saturated carbocycles. The molecule has 0 fully saturated rings. The van der Waals surface area contributed by atoms with Crippen LogP contribution in [-0.2, 0) is 19.2 Å². The smallest absolute Gasteiger partial charge is 1.00 e. The molecule has 0 nitrogen and oxygen atoms in total. The standard InChI is InChI=1S/C15H20P.C10H15.2ClH.Ti/c1-3-9-16(10-4-2)15-11-13-7-5-6-8-14(13)12-15;1-3-6-9(2)10-7-4-5-8-10;;;/h5-8,11-12H,3-4,9-10H2,1-2H3;4,7,9H,3,5-6H2,1-2H3;2*1H;/q;;;;+2/p-2. The Morgan fingerprint density at radius 2 is 1.72 bits per heavy atom. The molecule has 0 aliphatic heterocycles. The van der Waals surface area contributed by atoms with E-state index < -0.39 is 0 Å². The Hall–Kier alpha value is 0.164. The zero-order valence-electron chi connectivity index (χ0n) is 18.3. The number of halogens is 2. The van der Waals surface area contributed by atoms with Crippen molar-refractivity contribution in [1.29, 1.82) is 0 Å². The second-order valence-corrected chi connectivity index (χ2v) is 12.8. The van der Waals surface area contributed by atoms with Crippen LogP contribution in [0, 0.1) is 5.92 Å². The summed E-state index contributed by atoms with van der Waals surface area (Å²) in [5.41, 5.74) is 4.88. The monoisotopic (exact) mass is 484 g/mol. The van der Waals surface area contributed by atoms with Crippen molar-refractivity contribution in [3.8, 4) is 0 Å². The van der Waals surface area contributed by atoms with Crippen LogP contribution >= 0.6 is 7.92 Å². The first-order valence-electron chi connectivity index (χ1n) is 10.9. The molecule has 3 rings (SSSR count). The van der Waals surface area contributed by atoms with Gasteiger partial charge in [-0.3, -0.25) is 0 Å². The summed E-state index contributed by atoms with van der Waals surface area (Å²) in [7, 11) is 0.0452. The summed E-state index contributed by atoms with van der Waals surface area (Å²) in [5, 5.41) is 1.84. The van der Waals surface area contributed by atoms with E-state index in [1.54, 1.807) is 11.1 Å². The van der Waals surface area contributed by atoms with Crippen molar-refractivity contribution < 1.29 is 44.0 Å². The second kappa shape index (κ2) is 13.5. The number of allylic oxidation sites excluding steroid dienone is 5. The molecule has 2 aliphatic rings. The molecule has 1 aromatic rings. The third-order valence-electron chi connectivity index (χ3n) is 5.80. The summed E-state index contributed by atoms with van der Waals surface area (Å²) >= 11 is -0.156. The third kappa shape index (κ3) is 6.57. The maximum absolute atomic E-state index is 2.61. The van der Waals surface area contributed by atoms with Crippen LogP contribution < -0.4 is 24.8 Å². The second-order valence-electron chi connectivity index (χ2n) is 7.99. The zero-order valence-corrected chi connectivity index (χ0v) is 22.3. The predicted octanol–water partition coefficient (Wildman–Crippen LogP) is 2.12. The van der Waals surface area contributed by atoms with Gasteiger partial charge in [-0.05, 0) is 0 Å². The topological polar surface area (TPSA) is 0 Å². The largest absolute Gasteiger partial charge is 1.00 e. The maximum atomic E-state index is 2.61. The van der Waals surface area contributed by atoms with Gasteiger partial charge >= 0.3 is 178 Å². The van der Waals surface area contributed by atoms with E-state index in [0.29, 0.717) is 0 Å². The molecular weight excluding hydrogens is 450 g/mol. The number of fused-ring (bicyclic) bond motifs is 1. The maximum Gasteiger partial charge on any atom is -1.00 e. The number of hydrogen-bond donors (Lipinski definition) is 0. The van der Waals surface area contributed by atoms with Crippen LogP contribution in [0.15, 0.2) is 51.2 Å². The number of rotatable bonds is 10. The van der Waals surface area contributed by atoms with Gasteiger partial charge in [-0.25, -0.2) is 0 Å². The Balaban J connectivity index is 0.00000210. The van der Waals surface area contributed by atoms with Gasteiger partial charge in [0.25, 0.3) is 0 Å². The van der Waals surface area contributed by atoms with Gasteiger partial charge in [-0.1, -0.05) is 0 Å². The van der Waals surface area contributed by atoms with Crippen LogP contribution in [0.3, 0.4) is 0 Å². The summed E-state index contributed by atoms with van der Waals surface area (Å²) in [6.07, 6.45) is 16.9. The minimum Gasteiger partial charge on any atom is -1.00 e. The van der Waals surface area contributed by atoms with E-state index in [1.807, 2.05) is 9.19 Å². The molecule has 0 amide bonds. The fourth-order valence-corrected chi connectivity index (χ4v) is 11.0. The van der Waals surface area contributed by atoms with Gasteiger partial charge in [0.1, 0.15) is 0 Å². The SMILES string of the molecule is CCCC(C)C1=[C]([Ti+2][CH]2C(P(CCC)CCC)=Cc3ccccc32)CC=C1.[Cl-].[Cl-]. The van der Waals surface area contributed by atoms with Crippen molar-refractivity contribution in [1.82, 2.24) is 0 Å².